The maximum atomic E-state index is 11.0. The number of hydrogen-bond acceptors (Lipinski definition) is 6. The molecule has 0 spiro atoms. The first-order valence-corrected chi connectivity index (χ1v) is 3.66. The zero-order valence-corrected chi connectivity index (χ0v) is 7.51. The minimum atomic E-state index is -1.09. The average Bonchev–Trinajstić information content (AvgIpc) is 2.16. The Kier molecular flexibility index (Phi) is 2.70. The van der Waals surface area contributed by atoms with E-state index in [1.807, 2.05) is 4.98 Å². The third kappa shape index (κ3) is 1.77. The molecule has 2 N–H and O–H groups in total. The van der Waals surface area contributed by atoms with Crippen LogP contribution in [0.2, 0.25) is 0 Å². The van der Waals surface area contributed by atoms with Gasteiger partial charge in [0, 0.05) is 6.20 Å². The van der Waals surface area contributed by atoms with Crippen LogP contribution in [-0.2, 0) is 4.74 Å². The van der Waals surface area contributed by atoms with Gasteiger partial charge in [-0.3, -0.25) is 14.9 Å². The molecule has 0 unspecified atom stereocenters. The van der Waals surface area contributed by atoms with Crippen LogP contribution in [0, 0.1) is 10.1 Å². The number of rotatable bonds is 2. The largest absolute Gasteiger partial charge is 0.501 e. The summed E-state index contributed by atoms with van der Waals surface area (Å²) in [7, 11) is 1.04. The highest BCUT2D eigenvalue weighted by molar-refractivity contribution is 5.93. The van der Waals surface area contributed by atoms with Gasteiger partial charge in [0.05, 0.1) is 12.0 Å². The summed E-state index contributed by atoms with van der Waals surface area (Å²) in [5.41, 5.74) is -2.65. The molecule has 1 heterocycles. The first-order chi connectivity index (χ1) is 6.99. The standard InChI is InChI=1S/C7H6N2O6/c1-15-7(12)3-2-8-6(11)4(5(3)10)9(13)14/h2H,1H3,(H2,8,10,11). The Hall–Kier alpha value is -2.38. The van der Waals surface area contributed by atoms with Crippen LogP contribution >= 0.6 is 0 Å². The first-order valence-electron chi connectivity index (χ1n) is 3.66. The highest BCUT2D eigenvalue weighted by Crippen LogP contribution is 2.24. The summed E-state index contributed by atoms with van der Waals surface area (Å²) in [6.07, 6.45) is 0.844. The number of H-pyrrole nitrogens is 1. The molecule has 8 heteroatoms. The second-order valence-electron chi connectivity index (χ2n) is 2.48. The molecule has 0 saturated carbocycles. The number of carbonyl (C=O) groups excluding carboxylic acids is 1. The number of aromatic nitrogens is 1. The second-order valence-corrected chi connectivity index (χ2v) is 2.48. The molecule has 8 nitrogen and oxygen atoms in total. The lowest BCUT2D eigenvalue weighted by Gasteiger charge is -2.01. The maximum Gasteiger partial charge on any atom is 0.375 e. The van der Waals surface area contributed by atoms with Crippen LogP contribution in [0.5, 0.6) is 5.75 Å². The smallest absolute Gasteiger partial charge is 0.375 e. The van der Waals surface area contributed by atoms with Crippen molar-refractivity contribution in [3.63, 3.8) is 0 Å². The molecular weight excluding hydrogens is 208 g/mol. The molecule has 0 radical (unpaired) electrons. The molecule has 0 aliphatic rings. The predicted octanol–water partition coefficient (Wildman–Crippen LogP) is -0.225. The van der Waals surface area contributed by atoms with Gasteiger partial charge in [0.1, 0.15) is 5.56 Å². The van der Waals surface area contributed by atoms with Gasteiger partial charge in [-0.15, -0.1) is 0 Å². The summed E-state index contributed by atoms with van der Waals surface area (Å²) >= 11 is 0. The van der Waals surface area contributed by atoms with Crippen LogP contribution in [0.4, 0.5) is 5.69 Å². The average molecular weight is 214 g/mol. The van der Waals surface area contributed by atoms with Crippen molar-refractivity contribution >= 4 is 11.7 Å². The summed E-state index contributed by atoms with van der Waals surface area (Å²) in [6, 6.07) is 0. The van der Waals surface area contributed by atoms with Crippen molar-refractivity contribution in [2.45, 2.75) is 0 Å². The third-order valence-electron chi connectivity index (χ3n) is 1.63. The van der Waals surface area contributed by atoms with E-state index in [-0.39, 0.29) is 0 Å². The van der Waals surface area contributed by atoms with E-state index in [1.165, 1.54) is 0 Å². The second kappa shape index (κ2) is 3.78. The van der Waals surface area contributed by atoms with Gasteiger partial charge in [-0.2, -0.15) is 0 Å². The molecule has 15 heavy (non-hydrogen) atoms. The highest BCUT2D eigenvalue weighted by atomic mass is 16.6. The Labute approximate surface area is 82.3 Å². The number of carbonyl (C=O) groups is 1. The van der Waals surface area contributed by atoms with E-state index in [0.29, 0.717) is 0 Å². The van der Waals surface area contributed by atoms with Gasteiger partial charge < -0.3 is 14.8 Å². The Bertz CT molecular complexity index is 477. The van der Waals surface area contributed by atoms with Crippen molar-refractivity contribution in [2.75, 3.05) is 7.11 Å². The summed E-state index contributed by atoms with van der Waals surface area (Å²) < 4.78 is 4.25. The molecule has 1 aromatic rings. The zero-order chi connectivity index (χ0) is 11.6. The monoisotopic (exact) mass is 214 g/mol. The zero-order valence-electron chi connectivity index (χ0n) is 7.51. The summed E-state index contributed by atoms with van der Waals surface area (Å²) in [5.74, 6) is -1.98. The van der Waals surface area contributed by atoms with Gasteiger partial charge >= 0.3 is 17.2 Å². The first kappa shape index (κ1) is 10.7. The molecule has 0 aromatic carbocycles. The van der Waals surface area contributed by atoms with Gasteiger partial charge in [0.15, 0.2) is 0 Å². The quantitative estimate of drug-likeness (QED) is 0.398. The topological polar surface area (TPSA) is 123 Å². The van der Waals surface area contributed by atoms with E-state index < -0.39 is 33.5 Å². The summed E-state index contributed by atoms with van der Waals surface area (Å²) in [6.45, 7) is 0. The highest BCUT2D eigenvalue weighted by Gasteiger charge is 2.25. The van der Waals surface area contributed by atoms with Crippen molar-refractivity contribution in [2.24, 2.45) is 0 Å². The Balaban J connectivity index is 3.48. The number of ether oxygens (including phenoxy) is 1. The van der Waals surface area contributed by atoms with E-state index in [2.05, 4.69) is 4.74 Å². The molecule has 0 fully saturated rings. The fourth-order valence-corrected chi connectivity index (χ4v) is 0.944. The molecule has 1 aromatic heterocycles. The third-order valence-corrected chi connectivity index (χ3v) is 1.63. The van der Waals surface area contributed by atoms with Gasteiger partial charge in [-0.05, 0) is 0 Å². The molecule has 0 saturated heterocycles. The number of pyridine rings is 1. The van der Waals surface area contributed by atoms with E-state index >= 15 is 0 Å². The fraction of sp³-hybridized carbons (Fsp3) is 0.143. The normalized spacial score (nSPS) is 9.67. The minimum absolute atomic E-state index is 0.469. The number of nitro groups is 1. The minimum Gasteiger partial charge on any atom is -0.501 e. The number of aromatic amines is 1. The van der Waals surface area contributed by atoms with Gasteiger partial charge in [-0.1, -0.05) is 0 Å². The molecule has 0 atom stereocenters. The number of hydrogen-bond donors (Lipinski definition) is 2. The lowest BCUT2D eigenvalue weighted by Crippen LogP contribution is -2.14. The molecule has 0 amide bonds. The van der Waals surface area contributed by atoms with Gasteiger partial charge in [0.25, 0.3) is 0 Å². The van der Waals surface area contributed by atoms with Crippen molar-refractivity contribution in [3.8, 4) is 5.75 Å². The van der Waals surface area contributed by atoms with Crippen LogP contribution in [0.1, 0.15) is 10.4 Å². The number of nitrogens with one attached hydrogen (secondary N) is 1. The molecule has 0 bridgehead atoms. The van der Waals surface area contributed by atoms with Crippen LogP contribution in [-0.4, -0.2) is 28.1 Å². The lowest BCUT2D eigenvalue weighted by atomic mass is 10.2. The summed E-state index contributed by atoms with van der Waals surface area (Å²) in [4.78, 5) is 33.2. The maximum absolute atomic E-state index is 11.0. The SMILES string of the molecule is COC(=O)c1c[nH]c(=O)c([N+](=O)[O-])c1O. The van der Waals surface area contributed by atoms with E-state index in [1.54, 1.807) is 0 Å². The molecular formula is C7H6N2O6. The number of esters is 1. The number of nitrogens with zero attached hydrogens (tertiary/aromatic N) is 1. The van der Waals surface area contributed by atoms with Crippen molar-refractivity contribution < 1.29 is 19.6 Å². The van der Waals surface area contributed by atoms with Crippen LogP contribution in [0.3, 0.4) is 0 Å². The fourth-order valence-electron chi connectivity index (χ4n) is 0.944. The Morgan fingerprint density at radius 2 is 2.27 bits per heavy atom. The van der Waals surface area contributed by atoms with Crippen molar-refractivity contribution in [3.05, 3.63) is 32.2 Å². The molecule has 80 valence electrons. The van der Waals surface area contributed by atoms with Crippen LogP contribution in [0.25, 0.3) is 0 Å². The van der Waals surface area contributed by atoms with E-state index in [4.69, 9.17) is 0 Å². The predicted molar refractivity (Wildman–Crippen MR) is 46.7 cm³/mol. The molecule has 0 aliphatic carbocycles. The van der Waals surface area contributed by atoms with Crippen molar-refractivity contribution in [1.82, 2.24) is 4.98 Å². The van der Waals surface area contributed by atoms with Gasteiger partial charge in [0.2, 0.25) is 5.75 Å². The Morgan fingerprint density at radius 3 is 2.73 bits per heavy atom. The molecule has 1 rings (SSSR count). The van der Waals surface area contributed by atoms with Crippen LogP contribution < -0.4 is 5.56 Å². The number of methoxy groups -OCH3 is 1. The molecule has 0 aliphatic heterocycles. The summed E-state index contributed by atoms with van der Waals surface area (Å²) in [5, 5.41) is 19.7. The van der Waals surface area contributed by atoms with E-state index in [0.717, 1.165) is 13.3 Å². The number of aromatic hydroxyl groups is 1. The van der Waals surface area contributed by atoms with E-state index in [9.17, 15) is 24.8 Å². The van der Waals surface area contributed by atoms with Gasteiger partial charge in [-0.25, -0.2) is 4.79 Å². The lowest BCUT2D eigenvalue weighted by molar-refractivity contribution is -0.387. The van der Waals surface area contributed by atoms with Crippen LogP contribution in [0.15, 0.2) is 11.0 Å². The Morgan fingerprint density at radius 1 is 1.67 bits per heavy atom. The van der Waals surface area contributed by atoms with Crippen molar-refractivity contribution in [1.29, 1.82) is 0 Å².